The van der Waals surface area contributed by atoms with Gasteiger partial charge in [0, 0.05) is 48.8 Å². The number of nitrogens with zero attached hydrogens (tertiary/aromatic N) is 3. The van der Waals surface area contributed by atoms with Gasteiger partial charge >= 0.3 is 0 Å². The minimum atomic E-state index is 0. The van der Waals surface area contributed by atoms with Crippen LogP contribution in [-0.4, -0.2) is 63.3 Å². The summed E-state index contributed by atoms with van der Waals surface area (Å²) in [6.07, 6.45) is 0. The van der Waals surface area contributed by atoms with Crippen molar-refractivity contribution >= 4 is 47.2 Å². The molecule has 0 spiro atoms. The van der Waals surface area contributed by atoms with Gasteiger partial charge in [-0.05, 0) is 31.5 Å². The summed E-state index contributed by atoms with van der Waals surface area (Å²) in [5, 5.41) is 4.24. The summed E-state index contributed by atoms with van der Waals surface area (Å²) in [6.45, 7) is 13.7. The lowest BCUT2D eigenvalue weighted by Crippen LogP contribution is -2.53. The van der Waals surface area contributed by atoms with Crippen LogP contribution in [0.1, 0.15) is 19.4 Å². The van der Waals surface area contributed by atoms with E-state index >= 15 is 0 Å². The largest absolute Gasteiger partial charge is 0.380 e. The molecule has 2 heterocycles. The second-order valence-electron chi connectivity index (χ2n) is 7.38. The van der Waals surface area contributed by atoms with E-state index in [4.69, 9.17) is 21.3 Å². The van der Waals surface area contributed by atoms with Crippen molar-refractivity contribution in [2.24, 2.45) is 10.4 Å². The lowest BCUT2D eigenvalue weighted by atomic mass is 9.89. The lowest BCUT2D eigenvalue weighted by Gasteiger charge is -2.40. The molecule has 7 heteroatoms. The number of aliphatic imine (C=N–C) groups is 1. The predicted molar refractivity (Wildman–Crippen MR) is 120 cm³/mol. The molecule has 0 bridgehead atoms. The van der Waals surface area contributed by atoms with Crippen LogP contribution < -0.4 is 10.2 Å². The number of halogens is 2. The summed E-state index contributed by atoms with van der Waals surface area (Å²) in [7, 11) is 0. The average molecular weight is 493 g/mol. The Morgan fingerprint density at radius 2 is 1.96 bits per heavy atom. The fraction of sp³-hybridized carbons (Fsp3) is 0.632. The van der Waals surface area contributed by atoms with Gasteiger partial charge in [-0.25, -0.2) is 0 Å². The van der Waals surface area contributed by atoms with Crippen LogP contribution in [0.15, 0.2) is 23.2 Å². The van der Waals surface area contributed by atoms with Gasteiger partial charge in [0.05, 0.1) is 19.8 Å². The van der Waals surface area contributed by atoms with Gasteiger partial charge in [0.2, 0.25) is 0 Å². The molecule has 1 aromatic carbocycles. The highest BCUT2D eigenvalue weighted by Gasteiger charge is 2.33. The topological polar surface area (TPSA) is 40.1 Å². The highest BCUT2D eigenvalue weighted by molar-refractivity contribution is 14.0. The number of anilines is 1. The number of piperazine rings is 1. The molecule has 0 unspecified atom stereocenters. The number of ether oxygens (including phenoxy) is 1. The maximum absolute atomic E-state index is 6.18. The van der Waals surface area contributed by atoms with Gasteiger partial charge in [0.1, 0.15) is 0 Å². The number of nitrogens with one attached hydrogen (secondary N) is 1. The zero-order valence-corrected chi connectivity index (χ0v) is 19.0. The monoisotopic (exact) mass is 492 g/mol. The van der Waals surface area contributed by atoms with Crippen LogP contribution in [-0.2, 0) is 4.74 Å². The molecule has 0 aromatic heterocycles. The third-order valence-corrected chi connectivity index (χ3v) is 5.17. The normalized spacial score (nSPS) is 19.6. The zero-order valence-electron chi connectivity index (χ0n) is 15.9. The van der Waals surface area contributed by atoms with Crippen molar-refractivity contribution in [1.82, 2.24) is 10.2 Å². The Morgan fingerprint density at radius 3 is 2.54 bits per heavy atom. The summed E-state index contributed by atoms with van der Waals surface area (Å²) in [5.74, 6) is 1.03. The van der Waals surface area contributed by atoms with E-state index in [1.165, 1.54) is 11.3 Å². The molecule has 1 aromatic rings. The Morgan fingerprint density at radius 1 is 1.27 bits per heavy atom. The van der Waals surface area contributed by atoms with E-state index < -0.39 is 0 Å². The molecule has 5 nitrogen and oxygen atoms in total. The number of hydrogen-bond acceptors (Lipinski definition) is 3. The van der Waals surface area contributed by atoms with Crippen molar-refractivity contribution in [3.63, 3.8) is 0 Å². The Kier molecular flexibility index (Phi) is 7.85. The highest BCUT2D eigenvalue weighted by atomic mass is 127. The standard InChI is InChI=1S/C19H29ClN4O.HI/c1-4-21-18(22-12-19(3)13-25-14-19)24-9-7-23(8-10-24)17-11-16(20)6-5-15(17)2;/h5-6,11H,4,7-10,12-14H2,1-3H3,(H,21,22);1H. The summed E-state index contributed by atoms with van der Waals surface area (Å²) < 4.78 is 5.34. The van der Waals surface area contributed by atoms with E-state index in [2.05, 4.69) is 48.0 Å². The summed E-state index contributed by atoms with van der Waals surface area (Å²) >= 11 is 6.18. The van der Waals surface area contributed by atoms with Gasteiger partial charge in [0.15, 0.2) is 5.96 Å². The van der Waals surface area contributed by atoms with E-state index in [1.807, 2.05) is 6.07 Å². The van der Waals surface area contributed by atoms with Crippen molar-refractivity contribution in [2.45, 2.75) is 20.8 Å². The van der Waals surface area contributed by atoms with Gasteiger partial charge in [-0.2, -0.15) is 0 Å². The Hall–Kier alpha value is -0.730. The lowest BCUT2D eigenvalue weighted by molar-refractivity contribution is -0.0946. The first-order valence-corrected chi connectivity index (χ1v) is 9.51. The molecule has 26 heavy (non-hydrogen) atoms. The number of benzene rings is 1. The summed E-state index contributed by atoms with van der Waals surface area (Å²) in [4.78, 5) is 9.66. The van der Waals surface area contributed by atoms with E-state index in [1.54, 1.807) is 0 Å². The van der Waals surface area contributed by atoms with Gasteiger partial charge in [-0.3, -0.25) is 4.99 Å². The fourth-order valence-electron chi connectivity index (χ4n) is 3.32. The van der Waals surface area contributed by atoms with Crippen molar-refractivity contribution < 1.29 is 4.74 Å². The summed E-state index contributed by atoms with van der Waals surface area (Å²) in [6, 6.07) is 6.12. The van der Waals surface area contributed by atoms with E-state index in [-0.39, 0.29) is 29.4 Å². The van der Waals surface area contributed by atoms with Crippen LogP contribution in [0, 0.1) is 12.3 Å². The molecule has 1 N–H and O–H groups in total. The molecule has 2 fully saturated rings. The van der Waals surface area contributed by atoms with Crippen molar-refractivity contribution in [2.75, 3.05) is 57.4 Å². The van der Waals surface area contributed by atoms with Crippen molar-refractivity contribution in [1.29, 1.82) is 0 Å². The summed E-state index contributed by atoms with van der Waals surface area (Å²) in [5.41, 5.74) is 2.73. The highest BCUT2D eigenvalue weighted by Crippen LogP contribution is 2.27. The van der Waals surface area contributed by atoms with Crippen LogP contribution >= 0.6 is 35.6 Å². The number of hydrogen-bond donors (Lipinski definition) is 1. The van der Waals surface area contributed by atoms with E-state index in [0.29, 0.717) is 0 Å². The fourth-order valence-corrected chi connectivity index (χ4v) is 3.48. The van der Waals surface area contributed by atoms with Crippen molar-refractivity contribution in [3.05, 3.63) is 28.8 Å². The molecule has 0 amide bonds. The quantitative estimate of drug-likeness (QED) is 0.397. The second-order valence-corrected chi connectivity index (χ2v) is 7.81. The number of rotatable bonds is 4. The number of aryl methyl sites for hydroxylation is 1. The van der Waals surface area contributed by atoms with Crippen LogP contribution in [0.5, 0.6) is 0 Å². The SMILES string of the molecule is CCNC(=NCC1(C)COC1)N1CCN(c2cc(Cl)ccc2C)CC1.I. The maximum Gasteiger partial charge on any atom is 0.194 e. The molecule has 146 valence electrons. The van der Waals surface area contributed by atoms with Crippen LogP contribution in [0.4, 0.5) is 5.69 Å². The Bertz CT molecular complexity index is 628. The van der Waals surface area contributed by atoms with Gasteiger partial charge < -0.3 is 19.9 Å². The second kappa shape index (κ2) is 9.46. The molecule has 0 saturated carbocycles. The molecule has 3 rings (SSSR count). The molecule has 0 atom stereocenters. The number of guanidine groups is 1. The average Bonchev–Trinajstić information content (AvgIpc) is 2.59. The van der Waals surface area contributed by atoms with Crippen LogP contribution in [0.2, 0.25) is 5.02 Å². The third kappa shape index (κ3) is 5.16. The van der Waals surface area contributed by atoms with Gasteiger partial charge in [-0.1, -0.05) is 24.6 Å². The molecule has 2 aliphatic rings. The zero-order chi connectivity index (χ0) is 17.9. The third-order valence-electron chi connectivity index (χ3n) is 4.94. The first-order chi connectivity index (χ1) is 12.0. The van der Waals surface area contributed by atoms with Crippen molar-refractivity contribution in [3.8, 4) is 0 Å². The molecule has 2 aliphatic heterocycles. The minimum Gasteiger partial charge on any atom is -0.380 e. The first kappa shape index (κ1) is 21.6. The molecule has 0 aliphatic carbocycles. The van der Waals surface area contributed by atoms with Gasteiger partial charge in [-0.15, -0.1) is 24.0 Å². The Labute approximate surface area is 179 Å². The maximum atomic E-state index is 6.18. The minimum absolute atomic E-state index is 0. The Balaban J connectivity index is 0.00000243. The molecule has 2 saturated heterocycles. The molecule has 0 radical (unpaired) electrons. The first-order valence-electron chi connectivity index (χ1n) is 9.13. The smallest absolute Gasteiger partial charge is 0.194 e. The van der Waals surface area contributed by atoms with Crippen LogP contribution in [0.3, 0.4) is 0 Å². The predicted octanol–water partition coefficient (Wildman–Crippen LogP) is 3.39. The molecular formula is C19H30ClIN4O. The van der Waals surface area contributed by atoms with E-state index in [9.17, 15) is 0 Å². The van der Waals surface area contributed by atoms with E-state index in [0.717, 1.165) is 63.5 Å². The van der Waals surface area contributed by atoms with Crippen LogP contribution in [0.25, 0.3) is 0 Å². The van der Waals surface area contributed by atoms with Gasteiger partial charge in [0.25, 0.3) is 0 Å². The molecular weight excluding hydrogens is 463 g/mol.